The fourth-order valence-electron chi connectivity index (χ4n) is 3.48. The van der Waals surface area contributed by atoms with Gasteiger partial charge in [0.2, 0.25) is 5.95 Å². The smallest absolute Gasteiger partial charge is 0.222 e. The summed E-state index contributed by atoms with van der Waals surface area (Å²) < 4.78 is 5.18. The number of piperidine rings is 1. The van der Waals surface area contributed by atoms with Gasteiger partial charge in [0.25, 0.3) is 0 Å². The van der Waals surface area contributed by atoms with E-state index in [-0.39, 0.29) is 0 Å². The first kappa shape index (κ1) is 15.5. The Kier molecular flexibility index (Phi) is 4.78. The van der Waals surface area contributed by atoms with Gasteiger partial charge in [-0.15, -0.1) is 0 Å². The van der Waals surface area contributed by atoms with Crippen molar-refractivity contribution in [2.45, 2.75) is 44.1 Å². The number of methoxy groups -OCH3 is 1. The number of hydrogen-bond acceptors (Lipinski definition) is 6. The van der Waals surface area contributed by atoms with E-state index in [1.165, 1.54) is 12.8 Å². The molecule has 122 valence electrons. The second-order valence-electron chi connectivity index (χ2n) is 6.65. The fraction of sp³-hybridized carbons (Fsp3) is 0.750. The second-order valence-corrected chi connectivity index (χ2v) is 6.65. The Morgan fingerprint density at radius 2 is 2.00 bits per heavy atom. The minimum Gasteiger partial charge on any atom is -0.385 e. The lowest BCUT2D eigenvalue weighted by molar-refractivity contribution is 0.170. The van der Waals surface area contributed by atoms with Gasteiger partial charge in [0.05, 0.1) is 5.69 Å². The molecule has 1 saturated carbocycles. The van der Waals surface area contributed by atoms with E-state index in [4.69, 9.17) is 16.2 Å². The van der Waals surface area contributed by atoms with E-state index in [0.29, 0.717) is 17.9 Å². The van der Waals surface area contributed by atoms with Crippen molar-refractivity contribution in [3.8, 4) is 0 Å². The third-order valence-corrected chi connectivity index (χ3v) is 5.01. The van der Waals surface area contributed by atoms with Crippen LogP contribution in [0.15, 0.2) is 6.07 Å². The van der Waals surface area contributed by atoms with Gasteiger partial charge in [-0.3, -0.25) is 0 Å². The average molecular weight is 305 g/mol. The number of nitrogens with zero attached hydrogens (tertiary/aromatic N) is 3. The number of ether oxygens (including phenoxy) is 1. The molecule has 1 aliphatic carbocycles. The molecule has 2 fully saturated rings. The molecule has 6 heteroatoms. The van der Waals surface area contributed by atoms with Gasteiger partial charge in [-0.25, -0.2) is 4.98 Å². The molecule has 1 aromatic rings. The summed E-state index contributed by atoms with van der Waals surface area (Å²) in [7, 11) is 1.77. The molecule has 2 heterocycles. The van der Waals surface area contributed by atoms with Crippen molar-refractivity contribution < 1.29 is 4.74 Å². The Balaban J connectivity index is 1.63. The molecule has 1 saturated heterocycles. The van der Waals surface area contributed by atoms with Crippen LogP contribution in [-0.4, -0.2) is 42.8 Å². The monoisotopic (exact) mass is 305 g/mol. The third-order valence-electron chi connectivity index (χ3n) is 5.01. The van der Waals surface area contributed by atoms with E-state index in [9.17, 15) is 0 Å². The van der Waals surface area contributed by atoms with E-state index in [0.717, 1.165) is 56.4 Å². The molecule has 3 rings (SSSR count). The van der Waals surface area contributed by atoms with Crippen molar-refractivity contribution in [3.63, 3.8) is 0 Å². The molecule has 1 aromatic heterocycles. The minimum absolute atomic E-state index is 0.321. The Morgan fingerprint density at radius 1 is 1.27 bits per heavy atom. The first-order chi connectivity index (χ1) is 10.7. The summed E-state index contributed by atoms with van der Waals surface area (Å²) in [6.45, 7) is 2.93. The zero-order valence-corrected chi connectivity index (χ0v) is 13.4. The lowest BCUT2D eigenvalue weighted by atomic mass is 9.78. The SMILES string of the molecule is COCCC1CCN(c2cc(C3CC(N)C3)nc(N)n2)CC1. The summed E-state index contributed by atoms with van der Waals surface area (Å²) in [5, 5.41) is 0. The van der Waals surface area contributed by atoms with Gasteiger partial charge in [0.15, 0.2) is 0 Å². The van der Waals surface area contributed by atoms with E-state index >= 15 is 0 Å². The Morgan fingerprint density at radius 3 is 2.64 bits per heavy atom. The van der Waals surface area contributed by atoms with Gasteiger partial charge in [0.1, 0.15) is 5.82 Å². The number of anilines is 2. The Bertz CT molecular complexity index is 495. The van der Waals surface area contributed by atoms with Crippen LogP contribution in [0.3, 0.4) is 0 Å². The zero-order chi connectivity index (χ0) is 15.5. The molecule has 0 atom stereocenters. The molecule has 0 spiro atoms. The first-order valence-electron chi connectivity index (χ1n) is 8.29. The topological polar surface area (TPSA) is 90.3 Å². The van der Waals surface area contributed by atoms with E-state index in [1.54, 1.807) is 7.11 Å². The van der Waals surface area contributed by atoms with Gasteiger partial charge in [-0.1, -0.05) is 0 Å². The standard InChI is InChI=1S/C16H27N5O/c1-22-7-4-11-2-5-21(6-3-11)15-10-14(19-16(18)20-15)12-8-13(17)9-12/h10-13H,2-9,17H2,1H3,(H2,18,19,20). The molecule has 0 bridgehead atoms. The summed E-state index contributed by atoms with van der Waals surface area (Å²) in [5.74, 6) is 2.58. The maximum Gasteiger partial charge on any atom is 0.222 e. The predicted molar refractivity (Wildman–Crippen MR) is 87.8 cm³/mol. The molecule has 2 aliphatic rings. The molecular weight excluding hydrogens is 278 g/mol. The van der Waals surface area contributed by atoms with Crippen molar-refractivity contribution in [1.29, 1.82) is 0 Å². The normalized spacial score (nSPS) is 26.0. The molecule has 6 nitrogen and oxygen atoms in total. The number of aromatic nitrogens is 2. The predicted octanol–water partition coefficient (Wildman–Crippen LogP) is 1.52. The quantitative estimate of drug-likeness (QED) is 0.857. The molecule has 0 amide bonds. The maximum atomic E-state index is 5.91. The van der Waals surface area contributed by atoms with Gasteiger partial charge in [-0.05, 0) is 38.0 Å². The van der Waals surface area contributed by atoms with Gasteiger partial charge in [-0.2, -0.15) is 4.98 Å². The summed E-state index contributed by atoms with van der Waals surface area (Å²) in [5.41, 5.74) is 12.9. The van der Waals surface area contributed by atoms with Crippen LogP contribution in [0, 0.1) is 5.92 Å². The number of nitrogen functional groups attached to an aromatic ring is 1. The van der Waals surface area contributed by atoms with Crippen molar-refractivity contribution in [3.05, 3.63) is 11.8 Å². The van der Waals surface area contributed by atoms with E-state index < -0.39 is 0 Å². The summed E-state index contributed by atoms with van der Waals surface area (Å²) >= 11 is 0. The average Bonchev–Trinajstić information content (AvgIpc) is 2.49. The molecule has 22 heavy (non-hydrogen) atoms. The van der Waals surface area contributed by atoms with Crippen LogP contribution in [-0.2, 0) is 4.74 Å². The Labute approximate surface area is 132 Å². The number of nitrogens with two attached hydrogens (primary N) is 2. The first-order valence-corrected chi connectivity index (χ1v) is 8.29. The zero-order valence-electron chi connectivity index (χ0n) is 13.4. The number of hydrogen-bond donors (Lipinski definition) is 2. The highest BCUT2D eigenvalue weighted by Gasteiger charge is 2.30. The largest absolute Gasteiger partial charge is 0.385 e. The number of rotatable bonds is 5. The lowest BCUT2D eigenvalue weighted by Crippen LogP contribution is -2.36. The summed E-state index contributed by atoms with van der Waals surface area (Å²) in [6.07, 6.45) is 5.55. The molecular formula is C16H27N5O. The molecule has 1 aliphatic heterocycles. The fourth-order valence-corrected chi connectivity index (χ4v) is 3.48. The molecule has 0 unspecified atom stereocenters. The van der Waals surface area contributed by atoms with Crippen molar-refractivity contribution in [1.82, 2.24) is 9.97 Å². The second kappa shape index (κ2) is 6.79. The highest BCUT2D eigenvalue weighted by Crippen LogP contribution is 2.36. The van der Waals surface area contributed by atoms with Gasteiger partial charge >= 0.3 is 0 Å². The maximum absolute atomic E-state index is 5.91. The molecule has 0 aromatic carbocycles. The highest BCUT2D eigenvalue weighted by molar-refractivity contribution is 5.45. The van der Waals surface area contributed by atoms with Crippen LogP contribution in [0.5, 0.6) is 0 Å². The summed E-state index contributed by atoms with van der Waals surface area (Å²) in [4.78, 5) is 11.2. The van der Waals surface area contributed by atoms with Crippen LogP contribution in [0.4, 0.5) is 11.8 Å². The summed E-state index contributed by atoms with van der Waals surface area (Å²) in [6, 6.07) is 2.43. The van der Waals surface area contributed by atoms with Gasteiger partial charge in [0, 0.05) is 44.8 Å². The minimum atomic E-state index is 0.321. The lowest BCUT2D eigenvalue weighted by Gasteiger charge is -2.35. The third kappa shape index (κ3) is 3.50. The van der Waals surface area contributed by atoms with Crippen LogP contribution in [0.25, 0.3) is 0 Å². The van der Waals surface area contributed by atoms with Crippen LogP contribution < -0.4 is 16.4 Å². The van der Waals surface area contributed by atoms with Crippen molar-refractivity contribution >= 4 is 11.8 Å². The molecule has 0 radical (unpaired) electrons. The van der Waals surface area contributed by atoms with Crippen molar-refractivity contribution in [2.24, 2.45) is 11.7 Å². The molecule has 4 N–H and O–H groups in total. The van der Waals surface area contributed by atoms with Crippen LogP contribution in [0.2, 0.25) is 0 Å². The van der Waals surface area contributed by atoms with E-state index in [2.05, 4.69) is 20.9 Å². The van der Waals surface area contributed by atoms with Crippen LogP contribution >= 0.6 is 0 Å². The van der Waals surface area contributed by atoms with Crippen LogP contribution in [0.1, 0.15) is 43.7 Å². The van der Waals surface area contributed by atoms with Gasteiger partial charge < -0.3 is 21.1 Å². The van der Waals surface area contributed by atoms with Crippen molar-refractivity contribution in [2.75, 3.05) is 37.4 Å². The van der Waals surface area contributed by atoms with E-state index in [1.807, 2.05) is 0 Å². The highest BCUT2D eigenvalue weighted by atomic mass is 16.5. The Hall–Kier alpha value is -1.40.